The fourth-order valence-corrected chi connectivity index (χ4v) is 2.04. The largest absolute Gasteiger partial charge is 0.433 e. The van der Waals surface area contributed by atoms with Crippen molar-refractivity contribution in [1.82, 2.24) is 9.97 Å². The molecule has 3 nitrogen and oxygen atoms in total. The van der Waals surface area contributed by atoms with E-state index in [0.717, 1.165) is 12.5 Å². The Morgan fingerprint density at radius 1 is 1.13 bits per heavy atom. The van der Waals surface area contributed by atoms with Gasteiger partial charge in [0.25, 0.3) is 0 Å². The molecule has 124 valence electrons. The lowest BCUT2D eigenvalue weighted by Gasteiger charge is -2.12. The van der Waals surface area contributed by atoms with Crippen LogP contribution in [0.1, 0.15) is 26.0 Å². The summed E-state index contributed by atoms with van der Waals surface area (Å²) in [6.07, 6.45) is -3.71. The predicted octanol–water partition coefficient (Wildman–Crippen LogP) is 5.27. The fraction of sp³-hybridized carbons (Fsp3) is 0.375. The number of halogens is 4. The third kappa shape index (κ3) is 5.10. The van der Waals surface area contributed by atoms with E-state index in [1.54, 1.807) is 24.3 Å². The molecule has 0 bridgehead atoms. The number of aromatic nitrogens is 2. The minimum Gasteiger partial charge on any atom is -0.354 e. The monoisotopic (exact) mass is 343 g/mol. The van der Waals surface area contributed by atoms with Gasteiger partial charge in [-0.2, -0.15) is 13.2 Å². The lowest BCUT2D eigenvalue weighted by Crippen LogP contribution is -2.14. The third-order valence-corrected chi connectivity index (χ3v) is 3.41. The Hall–Kier alpha value is -1.82. The van der Waals surface area contributed by atoms with E-state index in [9.17, 15) is 13.2 Å². The van der Waals surface area contributed by atoms with Gasteiger partial charge in [-0.1, -0.05) is 37.6 Å². The number of hydrogen-bond donors (Lipinski definition) is 1. The zero-order valence-electron chi connectivity index (χ0n) is 12.8. The van der Waals surface area contributed by atoms with E-state index in [2.05, 4.69) is 15.3 Å². The Morgan fingerprint density at radius 3 is 2.35 bits per heavy atom. The number of rotatable bonds is 5. The molecule has 1 heterocycles. The lowest BCUT2D eigenvalue weighted by molar-refractivity contribution is -0.141. The maximum absolute atomic E-state index is 13.0. The van der Waals surface area contributed by atoms with Crippen LogP contribution < -0.4 is 5.32 Å². The van der Waals surface area contributed by atoms with Gasteiger partial charge in [0, 0.05) is 17.1 Å². The fourth-order valence-electron chi connectivity index (χ4n) is 1.91. The topological polar surface area (TPSA) is 37.8 Å². The molecule has 0 fully saturated rings. The average Bonchev–Trinajstić information content (AvgIpc) is 2.46. The molecule has 0 amide bonds. The molecule has 0 radical (unpaired) electrons. The normalized spacial score (nSPS) is 11.8. The number of alkyl halides is 3. The molecule has 0 aliphatic carbocycles. The summed E-state index contributed by atoms with van der Waals surface area (Å²) in [6.45, 7) is 4.58. The van der Waals surface area contributed by atoms with E-state index in [1.807, 2.05) is 13.8 Å². The molecule has 1 aromatic carbocycles. The Kier molecular flexibility index (Phi) is 5.46. The molecule has 7 heteroatoms. The molecular formula is C16H17ClF3N3. The third-order valence-electron chi connectivity index (χ3n) is 3.16. The summed E-state index contributed by atoms with van der Waals surface area (Å²) < 4.78 is 39.1. The Morgan fingerprint density at radius 2 is 1.78 bits per heavy atom. The van der Waals surface area contributed by atoms with E-state index >= 15 is 0 Å². The van der Waals surface area contributed by atoms with Crippen LogP contribution >= 0.6 is 11.6 Å². The Labute approximate surface area is 137 Å². The molecule has 0 spiro atoms. The molecule has 1 N–H and O–H groups in total. The van der Waals surface area contributed by atoms with Gasteiger partial charge >= 0.3 is 6.18 Å². The summed E-state index contributed by atoms with van der Waals surface area (Å²) in [4.78, 5) is 7.75. The minimum atomic E-state index is -4.53. The highest BCUT2D eigenvalue weighted by atomic mass is 35.5. The molecule has 0 saturated heterocycles. The summed E-state index contributed by atoms with van der Waals surface area (Å²) in [7, 11) is 0. The van der Waals surface area contributed by atoms with Crippen molar-refractivity contribution >= 4 is 17.5 Å². The SMILES string of the molecule is CC(C)CCNc1nc(-c2ccc(Cl)cc2)cc(C(F)(F)F)n1. The second-order valence-corrected chi connectivity index (χ2v) is 6.01. The molecule has 23 heavy (non-hydrogen) atoms. The quantitative estimate of drug-likeness (QED) is 0.803. The second kappa shape index (κ2) is 7.17. The smallest absolute Gasteiger partial charge is 0.354 e. The average molecular weight is 344 g/mol. The molecule has 2 rings (SSSR count). The van der Waals surface area contributed by atoms with Gasteiger partial charge in [0.15, 0.2) is 5.69 Å². The van der Waals surface area contributed by atoms with Crippen LogP contribution in [0.5, 0.6) is 0 Å². The molecule has 0 saturated carbocycles. The van der Waals surface area contributed by atoms with E-state index in [4.69, 9.17) is 11.6 Å². The lowest BCUT2D eigenvalue weighted by atomic mass is 10.1. The van der Waals surface area contributed by atoms with Crippen LogP contribution in [-0.2, 0) is 6.18 Å². The molecule has 0 aliphatic rings. The van der Waals surface area contributed by atoms with E-state index < -0.39 is 11.9 Å². The summed E-state index contributed by atoms with van der Waals surface area (Å²) in [6, 6.07) is 7.42. The van der Waals surface area contributed by atoms with Gasteiger partial charge in [-0.25, -0.2) is 9.97 Å². The van der Waals surface area contributed by atoms with Gasteiger partial charge in [-0.15, -0.1) is 0 Å². The van der Waals surface area contributed by atoms with Crippen LogP contribution in [-0.4, -0.2) is 16.5 Å². The van der Waals surface area contributed by atoms with Gasteiger partial charge in [-0.3, -0.25) is 0 Å². The van der Waals surface area contributed by atoms with Crippen molar-refractivity contribution in [2.24, 2.45) is 5.92 Å². The van der Waals surface area contributed by atoms with Crippen LogP contribution in [0.25, 0.3) is 11.3 Å². The maximum atomic E-state index is 13.0. The number of hydrogen-bond acceptors (Lipinski definition) is 3. The van der Waals surface area contributed by atoms with Gasteiger partial charge in [0.2, 0.25) is 5.95 Å². The van der Waals surface area contributed by atoms with Crippen molar-refractivity contribution in [2.45, 2.75) is 26.4 Å². The number of nitrogens with one attached hydrogen (secondary N) is 1. The second-order valence-electron chi connectivity index (χ2n) is 5.58. The van der Waals surface area contributed by atoms with Crippen molar-refractivity contribution in [1.29, 1.82) is 0 Å². The van der Waals surface area contributed by atoms with Gasteiger partial charge in [0.05, 0.1) is 5.69 Å². The molecule has 1 aromatic heterocycles. The highest BCUT2D eigenvalue weighted by Crippen LogP contribution is 2.31. The highest BCUT2D eigenvalue weighted by molar-refractivity contribution is 6.30. The number of anilines is 1. The standard InChI is InChI=1S/C16H17ClF3N3/c1-10(2)7-8-21-15-22-13(9-14(23-15)16(18,19)20)11-3-5-12(17)6-4-11/h3-6,9-10H,7-8H2,1-2H3,(H,21,22,23). The zero-order chi connectivity index (χ0) is 17.0. The Balaban J connectivity index is 2.35. The molecule has 2 aromatic rings. The van der Waals surface area contributed by atoms with E-state index in [1.165, 1.54) is 0 Å². The van der Waals surface area contributed by atoms with E-state index in [-0.39, 0.29) is 11.6 Å². The number of benzene rings is 1. The minimum absolute atomic E-state index is 0.0228. The molecule has 0 unspecified atom stereocenters. The number of nitrogens with zero attached hydrogens (tertiary/aromatic N) is 2. The summed E-state index contributed by atoms with van der Waals surface area (Å²) in [5.41, 5.74) is -0.213. The van der Waals surface area contributed by atoms with Crippen LogP contribution in [0.2, 0.25) is 5.02 Å². The summed E-state index contributed by atoms with van der Waals surface area (Å²) in [5, 5.41) is 3.37. The first-order valence-corrected chi connectivity index (χ1v) is 7.59. The summed E-state index contributed by atoms with van der Waals surface area (Å²) in [5.74, 6) is 0.412. The first-order chi connectivity index (χ1) is 10.8. The molecule has 0 atom stereocenters. The van der Waals surface area contributed by atoms with Crippen LogP contribution in [0, 0.1) is 5.92 Å². The van der Waals surface area contributed by atoms with Crippen LogP contribution in [0.4, 0.5) is 19.1 Å². The zero-order valence-corrected chi connectivity index (χ0v) is 13.5. The Bertz CT molecular complexity index is 655. The van der Waals surface area contributed by atoms with Gasteiger partial charge < -0.3 is 5.32 Å². The maximum Gasteiger partial charge on any atom is 0.433 e. The first-order valence-electron chi connectivity index (χ1n) is 7.22. The first kappa shape index (κ1) is 17.5. The highest BCUT2D eigenvalue weighted by Gasteiger charge is 2.33. The van der Waals surface area contributed by atoms with Gasteiger partial charge in [-0.05, 0) is 30.5 Å². The molecular weight excluding hydrogens is 327 g/mol. The van der Waals surface area contributed by atoms with Crippen LogP contribution in [0.3, 0.4) is 0 Å². The molecule has 0 aliphatic heterocycles. The van der Waals surface area contributed by atoms with Crippen molar-refractivity contribution in [3.63, 3.8) is 0 Å². The van der Waals surface area contributed by atoms with Gasteiger partial charge in [0.1, 0.15) is 0 Å². The van der Waals surface area contributed by atoms with Crippen molar-refractivity contribution in [2.75, 3.05) is 11.9 Å². The summed E-state index contributed by atoms with van der Waals surface area (Å²) >= 11 is 5.81. The predicted molar refractivity (Wildman–Crippen MR) is 85.4 cm³/mol. The van der Waals surface area contributed by atoms with Crippen molar-refractivity contribution in [3.8, 4) is 11.3 Å². The van der Waals surface area contributed by atoms with Crippen LogP contribution in [0.15, 0.2) is 30.3 Å². The van der Waals surface area contributed by atoms with Crippen molar-refractivity contribution in [3.05, 3.63) is 41.0 Å². The van der Waals surface area contributed by atoms with Crippen molar-refractivity contribution < 1.29 is 13.2 Å². The van der Waals surface area contributed by atoms with E-state index in [0.29, 0.717) is 23.0 Å².